The van der Waals surface area contributed by atoms with Gasteiger partial charge in [-0.1, -0.05) is 6.07 Å². The van der Waals surface area contributed by atoms with Crippen LogP contribution in [-0.4, -0.2) is 23.4 Å². The molecule has 142 valence electrons. The first-order valence-electron chi connectivity index (χ1n) is 8.15. The van der Waals surface area contributed by atoms with E-state index in [1.165, 1.54) is 18.2 Å². The van der Waals surface area contributed by atoms with Gasteiger partial charge in [-0.05, 0) is 42.5 Å². The topological polar surface area (TPSA) is 126 Å². The second-order valence-corrected chi connectivity index (χ2v) is 7.55. The summed E-state index contributed by atoms with van der Waals surface area (Å²) < 4.78 is 37.1. The van der Waals surface area contributed by atoms with Gasteiger partial charge in [0.05, 0.1) is 11.1 Å². The maximum Gasteiger partial charge on any atom is 0.238 e. The fourth-order valence-corrected chi connectivity index (χ4v) is 3.22. The molecule has 0 spiro atoms. The van der Waals surface area contributed by atoms with Crippen molar-refractivity contribution < 1.29 is 12.8 Å². The first-order valence-corrected chi connectivity index (χ1v) is 9.70. The fraction of sp³-hybridized carbons (Fsp3) is 0. The van der Waals surface area contributed by atoms with Crippen LogP contribution in [0, 0.1) is 5.82 Å². The number of primary sulfonamides is 1. The zero-order valence-electron chi connectivity index (χ0n) is 14.3. The van der Waals surface area contributed by atoms with E-state index in [1.54, 1.807) is 12.1 Å². The summed E-state index contributed by atoms with van der Waals surface area (Å²) in [7, 11) is -3.84. The van der Waals surface area contributed by atoms with E-state index in [9.17, 15) is 12.8 Å². The molecule has 0 fully saturated rings. The Morgan fingerprint density at radius 1 is 1.04 bits per heavy atom. The van der Waals surface area contributed by atoms with E-state index >= 15 is 0 Å². The molecule has 0 radical (unpaired) electrons. The third-order valence-electron chi connectivity index (χ3n) is 3.98. The highest BCUT2D eigenvalue weighted by atomic mass is 32.2. The van der Waals surface area contributed by atoms with Gasteiger partial charge in [0.2, 0.25) is 16.0 Å². The van der Waals surface area contributed by atoms with Gasteiger partial charge >= 0.3 is 0 Å². The van der Waals surface area contributed by atoms with Crippen molar-refractivity contribution in [1.82, 2.24) is 15.0 Å². The van der Waals surface area contributed by atoms with Gasteiger partial charge in [0.25, 0.3) is 0 Å². The Hall–Kier alpha value is -3.50. The lowest BCUT2D eigenvalue weighted by molar-refractivity contribution is 0.598. The van der Waals surface area contributed by atoms with Crippen molar-refractivity contribution in [3.8, 4) is 0 Å². The Kier molecular flexibility index (Phi) is 4.41. The summed E-state index contributed by atoms with van der Waals surface area (Å²) in [6.45, 7) is 0. The molecule has 2 aromatic carbocycles. The van der Waals surface area contributed by atoms with Crippen LogP contribution >= 0.6 is 0 Å². The number of benzene rings is 2. The Morgan fingerprint density at radius 2 is 1.86 bits per heavy atom. The molecule has 0 saturated heterocycles. The molecule has 0 amide bonds. The maximum atomic E-state index is 14.2. The third kappa shape index (κ3) is 3.77. The van der Waals surface area contributed by atoms with Gasteiger partial charge in [-0.25, -0.2) is 22.9 Å². The van der Waals surface area contributed by atoms with Gasteiger partial charge in [0, 0.05) is 28.5 Å². The van der Waals surface area contributed by atoms with Gasteiger partial charge in [-0.3, -0.25) is 0 Å². The summed E-state index contributed by atoms with van der Waals surface area (Å²) in [4.78, 5) is 11.0. The van der Waals surface area contributed by atoms with Gasteiger partial charge in [-0.15, -0.1) is 0 Å². The van der Waals surface area contributed by atoms with Crippen molar-refractivity contribution >= 4 is 44.1 Å². The average Bonchev–Trinajstić information content (AvgIpc) is 3.12. The Balaban J connectivity index is 1.60. The molecule has 4 rings (SSSR count). The van der Waals surface area contributed by atoms with Crippen LogP contribution in [0.25, 0.3) is 10.9 Å². The van der Waals surface area contributed by atoms with Gasteiger partial charge in [0.15, 0.2) is 11.6 Å². The molecular formula is C18H15FN6O2S. The van der Waals surface area contributed by atoms with Crippen molar-refractivity contribution in [2.75, 3.05) is 10.6 Å². The number of aromatic amines is 1. The predicted molar refractivity (Wildman–Crippen MR) is 105 cm³/mol. The number of hydrogen-bond donors (Lipinski definition) is 4. The quantitative estimate of drug-likeness (QED) is 0.409. The van der Waals surface area contributed by atoms with Gasteiger partial charge in [0.1, 0.15) is 0 Å². The molecule has 4 aromatic rings. The SMILES string of the molecule is NS(=O)(=O)c1cccc(Nc2ncc(F)c(Nc3ccc4[nH]ccc4c3)n2)c1. The van der Waals surface area contributed by atoms with Gasteiger partial charge in [-0.2, -0.15) is 4.98 Å². The monoisotopic (exact) mass is 398 g/mol. The molecule has 10 heteroatoms. The number of anilines is 4. The highest BCUT2D eigenvalue weighted by molar-refractivity contribution is 7.89. The number of fused-ring (bicyclic) bond motifs is 1. The summed E-state index contributed by atoms with van der Waals surface area (Å²) in [5.74, 6) is -0.550. The van der Waals surface area contributed by atoms with Crippen molar-refractivity contribution in [2.45, 2.75) is 4.90 Å². The van der Waals surface area contributed by atoms with E-state index in [-0.39, 0.29) is 16.7 Å². The molecule has 28 heavy (non-hydrogen) atoms. The maximum absolute atomic E-state index is 14.2. The van der Waals surface area contributed by atoms with Crippen LogP contribution in [0.1, 0.15) is 0 Å². The molecule has 0 unspecified atom stereocenters. The number of nitrogens with one attached hydrogen (secondary N) is 3. The van der Waals surface area contributed by atoms with Crippen LogP contribution in [0.3, 0.4) is 0 Å². The fourth-order valence-electron chi connectivity index (χ4n) is 2.66. The first kappa shape index (κ1) is 17.9. The molecule has 0 saturated carbocycles. The molecule has 8 nitrogen and oxygen atoms in total. The second-order valence-electron chi connectivity index (χ2n) is 5.99. The molecule has 2 aromatic heterocycles. The minimum Gasteiger partial charge on any atom is -0.361 e. The van der Waals surface area contributed by atoms with Crippen LogP contribution in [0.4, 0.5) is 27.5 Å². The minimum atomic E-state index is -3.84. The highest BCUT2D eigenvalue weighted by Gasteiger charge is 2.11. The summed E-state index contributed by atoms with van der Waals surface area (Å²) in [5, 5.41) is 11.9. The number of nitrogens with two attached hydrogens (primary N) is 1. The third-order valence-corrected chi connectivity index (χ3v) is 4.89. The van der Waals surface area contributed by atoms with E-state index in [1.807, 2.05) is 24.4 Å². The van der Waals surface area contributed by atoms with Crippen LogP contribution < -0.4 is 15.8 Å². The van der Waals surface area contributed by atoms with Crippen molar-refractivity contribution in [3.63, 3.8) is 0 Å². The minimum absolute atomic E-state index is 0.0185. The molecule has 0 bridgehead atoms. The van der Waals surface area contributed by atoms with E-state index in [4.69, 9.17) is 5.14 Å². The standard InChI is InChI=1S/C18H15FN6O2S/c19-15-10-22-18(24-12-2-1-3-14(9-12)28(20,26)27)25-17(15)23-13-4-5-16-11(8-13)6-7-21-16/h1-10,21H,(H2,20,26,27)(H2,22,23,24,25). The van der Waals surface area contributed by atoms with Crippen molar-refractivity contribution in [1.29, 1.82) is 0 Å². The van der Waals surface area contributed by atoms with E-state index in [0.717, 1.165) is 17.1 Å². The zero-order chi connectivity index (χ0) is 19.7. The lowest BCUT2D eigenvalue weighted by atomic mass is 10.2. The lowest BCUT2D eigenvalue weighted by Gasteiger charge is -2.10. The number of rotatable bonds is 5. The van der Waals surface area contributed by atoms with Crippen LogP contribution in [0.15, 0.2) is 65.8 Å². The number of aromatic nitrogens is 3. The number of halogens is 1. The summed E-state index contributed by atoms with van der Waals surface area (Å²) in [6.07, 6.45) is 2.84. The number of hydrogen-bond acceptors (Lipinski definition) is 6. The van der Waals surface area contributed by atoms with Crippen molar-refractivity contribution in [2.24, 2.45) is 5.14 Å². The number of H-pyrrole nitrogens is 1. The molecule has 2 heterocycles. The normalized spacial score (nSPS) is 11.5. The average molecular weight is 398 g/mol. The number of sulfonamides is 1. The largest absolute Gasteiger partial charge is 0.361 e. The predicted octanol–water partition coefficient (Wildman–Crippen LogP) is 3.23. The van der Waals surface area contributed by atoms with Crippen LogP contribution in [-0.2, 0) is 10.0 Å². The molecule has 0 atom stereocenters. The Labute approximate surface area is 159 Å². The van der Waals surface area contributed by atoms with E-state index in [2.05, 4.69) is 25.6 Å². The molecule has 0 aliphatic heterocycles. The summed E-state index contributed by atoms with van der Waals surface area (Å²) in [5.41, 5.74) is 2.02. The Bertz CT molecular complexity index is 1270. The summed E-state index contributed by atoms with van der Waals surface area (Å²) in [6, 6.07) is 13.3. The van der Waals surface area contributed by atoms with E-state index in [0.29, 0.717) is 11.4 Å². The number of nitrogens with zero attached hydrogens (tertiary/aromatic N) is 2. The van der Waals surface area contributed by atoms with Crippen LogP contribution in [0.5, 0.6) is 0 Å². The van der Waals surface area contributed by atoms with Gasteiger partial charge < -0.3 is 15.6 Å². The highest BCUT2D eigenvalue weighted by Crippen LogP contribution is 2.24. The molecular weight excluding hydrogens is 383 g/mol. The van der Waals surface area contributed by atoms with Crippen LogP contribution in [0.2, 0.25) is 0 Å². The first-order chi connectivity index (χ1) is 13.4. The van der Waals surface area contributed by atoms with E-state index < -0.39 is 15.8 Å². The summed E-state index contributed by atoms with van der Waals surface area (Å²) >= 11 is 0. The Morgan fingerprint density at radius 3 is 2.68 bits per heavy atom. The zero-order valence-corrected chi connectivity index (χ0v) is 15.2. The second kappa shape index (κ2) is 6.91. The molecule has 5 N–H and O–H groups in total. The smallest absolute Gasteiger partial charge is 0.238 e. The van der Waals surface area contributed by atoms with Crippen molar-refractivity contribution in [3.05, 3.63) is 66.7 Å². The lowest BCUT2D eigenvalue weighted by Crippen LogP contribution is -2.12. The molecule has 0 aliphatic rings. The molecule has 0 aliphatic carbocycles.